The summed E-state index contributed by atoms with van der Waals surface area (Å²) in [5, 5.41) is 3.26. The number of aryl methyl sites for hydroxylation is 2. The van der Waals surface area contributed by atoms with Crippen LogP contribution in [0.1, 0.15) is 29.2 Å². The summed E-state index contributed by atoms with van der Waals surface area (Å²) in [6.07, 6.45) is 1.98. The van der Waals surface area contributed by atoms with Gasteiger partial charge in [0.05, 0.1) is 5.56 Å². The summed E-state index contributed by atoms with van der Waals surface area (Å²) < 4.78 is 28.1. The largest absolute Gasteiger partial charge is 0.313 e. The third-order valence-corrected chi connectivity index (χ3v) is 4.14. The fraction of sp³-hybridized carbons (Fsp3) is 0.294. The van der Waals surface area contributed by atoms with Crippen molar-refractivity contribution in [3.8, 4) is 11.1 Å². The number of nitrogens with one attached hydrogen (secondary N) is 1. The van der Waals surface area contributed by atoms with Gasteiger partial charge in [0, 0.05) is 6.04 Å². The summed E-state index contributed by atoms with van der Waals surface area (Å²) >= 11 is 0. The summed E-state index contributed by atoms with van der Waals surface area (Å²) in [4.78, 5) is 0. The summed E-state index contributed by atoms with van der Waals surface area (Å²) in [6, 6.07) is 8.88. The molecule has 0 heterocycles. The monoisotopic (exact) mass is 273 g/mol. The van der Waals surface area contributed by atoms with Crippen molar-refractivity contribution < 1.29 is 8.78 Å². The molecule has 1 atom stereocenters. The van der Waals surface area contributed by atoms with Gasteiger partial charge in [0.15, 0.2) is 0 Å². The smallest absolute Gasteiger partial charge is 0.136 e. The molecule has 3 rings (SSSR count). The lowest BCUT2D eigenvalue weighted by Crippen LogP contribution is -2.12. The minimum absolute atomic E-state index is 0.0840. The maximum absolute atomic E-state index is 14.2. The number of benzene rings is 2. The zero-order chi connectivity index (χ0) is 14.3. The molecule has 0 bridgehead atoms. The maximum atomic E-state index is 14.2. The van der Waals surface area contributed by atoms with Crippen LogP contribution < -0.4 is 5.32 Å². The average Bonchev–Trinajstić information content (AvgIpc) is 2.86. The molecule has 0 aliphatic heterocycles. The predicted octanol–water partition coefficient (Wildman–Crippen LogP) is 4.15. The van der Waals surface area contributed by atoms with Crippen molar-refractivity contribution in [1.29, 1.82) is 0 Å². The maximum Gasteiger partial charge on any atom is 0.136 e. The van der Waals surface area contributed by atoms with Gasteiger partial charge >= 0.3 is 0 Å². The Kier molecular flexibility index (Phi) is 3.30. The molecule has 2 aromatic rings. The first kappa shape index (κ1) is 13.3. The Hall–Kier alpha value is -1.74. The summed E-state index contributed by atoms with van der Waals surface area (Å²) in [5.41, 5.74) is 3.60. The van der Waals surface area contributed by atoms with Gasteiger partial charge in [0.2, 0.25) is 0 Å². The van der Waals surface area contributed by atoms with Gasteiger partial charge in [-0.3, -0.25) is 0 Å². The Labute approximate surface area is 117 Å². The molecule has 1 aliphatic carbocycles. The minimum Gasteiger partial charge on any atom is -0.313 e. The van der Waals surface area contributed by atoms with Crippen LogP contribution in [0.25, 0.3) is 11.1 Å². The quantitative estimate of drug-likeness (QED) is 0.867. The number of rotatable bonds is 2. The molecule has 0 amide bonds. The highest BCUT2D eigenvalue weighted by molar-refractivity contribution is 5.67. The van der Waals surface area contributed by atoms with Crippen LogP contribution in [0.15, 0.2) is 30.3 Å². The SMILES string of the molecule is CNC1CCc2cc(-c3c(F)ccc(C)c3F)ccc21. The molecule has 0 radical (unpaired) electrons. The fourth-order valence-corrected chi connectivity index (χ4v) is 2.99. The average molecular weight is 273 g/mol. The molecular weight excluding hydrogens is 256 g/mol. The summed E-state index contributed by atoms with van der Waals surface area (Å²) in [5.74, 6) is -0.968. The second-order valence-corrected chi connectivity index (χ2v) is 5.35. The van der Waals surface area contributed by atoms with Crippen LogP contribution in [0.5, 0.6) is 0 Å². The molecular formula is C17H17F2N. The molecule has 0 saturated carbocycles. The number of halogens is 2. The second-order valence-electron chi connectivity index (χ2n) is 5.35. The minimum atomic E-state index is -0.504. The number of hydrogen-bond acceptors (Lipinski definition) is 1. The molecule has 3 heteroatoms. The van der Waals surface area contributed by atoms with Crippen LogP contribution in [0.2, 0.25) is 0 Å². The van der Waals surface area contributed by atoms with E-state index in [4.69, 9.17) is 0 Å². The van der Waals surface area contributed by atoms with Crippen LogP contribution in [-0.2, 0) is 6.42 Å². The molecule has 2 aromatic carbocycles. The molecule has 0 spiro atoms. The van der Waals surface area contributed by atoms with Gasteiger partial charge in [0.1, 0.15) is 11.6 Å². The third-order valence-electron chi connectivity index (χ3n) is 4.14. The lowest BCUT2D eigenvalue weighted by Gasteiger charge is -2.12. The van der Waals surface area contributed by atoms with Crippen molar-refractivity contribution >= 4 is 0 Å². The molecule has 104 valence electrons. The molecule has 0 aromatic heterocycles. The molecule has 1 nitrogen and oxygen atoms in total. The standard InChI is InChI=1S/C17H17F2N/c1-10-3-7-14(18)16(17(10)19)12-4-6-13-11(9-12)5-8-15(13)20-2/h3-4,6-7,9,15,20H,5,8H2,1-2H3. The van der Waals surface area contributed by atoms with Gasteiger partial charge in [-0.1, -0.05) is 24.3 Å². The lowest BCUT2D eigenvalue weighted by molar-refractivity contribution is 0.583. The fourth-order valence-electron chi connectivity index (χ4n) is 2.99. The van der Waals surface area contributed by atoms with Gasteiger partial charge in [-0.15, -0.1) is 0 Å². The van der Waals surface area contributed by atoms with Crippen LogP contribution >= 0.6 is 0 Å². The van der Waals surface area contributed by atoms with Gasteiger partial charge in [0.25, 0.3) is 0 Å². The summed E-state index contributed by atoms with van der Waals surface area (Å²) in [6.45, 7) is 1.66. The topological polar surface area (TPSA) is 12.0 Å². The Bertz CT molecular complexity index is 664. The molecule has 20 heavy (non-hydrogen) atoms. The van der Waals surface area contributed by atoms with Crippen molar-refractivity contribution in [2.75, 3.05) is 7.05 Å². The Morgan fingerprint density at radius 2 is 1.95 bits per heavy atom. The van der Waals surface area contributed by atoms with Gasteiger partial charge in [-0.2, -0.15) is 0 Å². The first-order chi connectivity index (χ1) is 9.61. The van der Waals surface area contributed by atoms with Crippen molar-refractivity contribution in [3.63, 3.8) is 0 Å². The van der Waals surface area contributed by atoms with Crippen LogP contribution in [0, 0.1) is 18.6 Å². The predicted molar refractivity (Wildman–Crippen MR) is 76.7 cm³/mol. The van der Waals surface area contributed by atoms with Crippen molar-refractivity contribution in [2.45, 2.75) is 25.8 Å². The van der Waals surface area contributed by atoms with E-state index in [-0.39, 0.29) is 5.56 Å². The normalized spacial score (nSPS) is 17.3. The van der Waals surface area contributed by atoms with E-state index in [0.29, 0.717) is 17.2 Å². The van der Waals surface area contributed by atoms with E-state index in [1.807, 2.05) is 25.2 Å². The van der Waals surface area contributed by atoms with Gasteiger partial charge in [-0.25, -0.2) is 8.78 Å². The van der Waals surface area contributed by atoms with E-state index in [2.05, 4.69) is 5.32 Å². The lowest BCUT2D eigenvalue weighted by atomic mass is 9.97. The van der Waals surface area contributed by atoms with E-state index in [9.17, 15) is 8.78 Å². The van der Waals surface area contributed by atoms with Crippen LogP contribution in [0.3, 0.4) is 0 Å². The van der Waals surface area contributed by atoms with Crippen molar-refractivity contribution in [3.05, 3.63) is 58.7 Å². The first-order valence-corrected chi connectivity index (χ1v) is 6.87. The number of hydrogen-bond donors (Lipinski definition) is 1. The highest BCUT2D eigenvalue weighted by Crippen LogP contribution is 2.35. The van der Waals surface area contributed by atoms with Gasteiger partial charge < -0.3 is 5.32 Å². The van der Waals surface area contributed by atoms with Crippen LogP contribution in [0.4, 0.5) is 8.78 Å². The molecule has 0 saturated heterocycles. The third kappa shape index (κ3) is 2.02. The van der Waals surface area contributed by atoms with Crippen molar-refractivity contribution in [1.82, 2.24) is 5.32 Å². The Balaban J connectivity index is 2.12. The van der Waals surface area contributed by atoms with E-state index in [1.54, 1.807) is 6.92 Å². The van der Waals surface area contributed by atoms with E-state index >= 15 is 0 Å². The zero-order valence-electron chi connectivity index (χ0n) is 11.6. The molecule has 1 N–H and O–H groups in total. The number of fused-ring (bicyclic) bond motifs is 1. The zero-order valence-corrected chi connectivity index (χ0v) is 11.6. The van der Waals surface area contributed by atoms with Crippen molar-refractivity contribution in [2.24, 2.45) is 0 Å². The van der Waals surface area contributed by atoms with E-state index in [0.717, 1.165) is 12.8 Å². The first-order valence-electron chi connectivity index (χ1n) is 6.87. The highest BCUT2D eigenvalue weighted by atomic mass is 19.1. The molecule has 1 unspecified atom stereocenters. The van der Waals surface area contributed by atoms with Gasteiger partial charge in [-0.05, 0) is 55.1 Å². The second kappa shape index (κ2) is 4.98. The Morgan fingerprint density at radius 3 is 2.70 bits per heavy atom. The highest BCUT2D eigenvalue weighted by Gasteiger charge is 2.22. The molecule has 1 aliphatic rings. The van der Waals surface area contributed by atoms with E-state index < -0.39 is 11.6 Å². The van der Waals surface area contributed by atoms with Crippen LogP contribution in [-0.4, -0.2) is 7.05 Å². The summed E-state index contributed by atoms with van der Waals surface area (Å²) in [7, 11) is 1.94. The molecule has 0 fully saturated rings. The Morgan fingerprint density at radius 1 is 1.15 bits per heavy atom. The van der Waals surface area contributed by atoms with E-state index in [1.165, 1.54) is 23.3 Å².